The highest BCUT2D eigenvalue weighted by Crippen LogP contribution is 2.28. The summed E-state index contributed by atoms with van der Waals surface area (Å²) in [5.74, 6) is 0.926. The van der Waals surface area contributed by atoms with Crippen molar-refractivity contribution in [1.82, 2.24) is 0 Å². The van der Waals surface area contributed by atoms with Crippen molar-refractivity contribution in [2.75, 3.05) is 6.61 Å². The van der Waals surface area contributed by atoms with Crippen molar-refractivity contribution in [3.8, 4) is 11.3 Å². The van der Waals surface area contributed by atoms with Crippen molar-refractivity contribution < 1.29 is 9.52 Å². The molecule has 0 saturated carbocycles. The van der Waals surface area contributed by atoms with E-state index in [1.807, 2.05) is 18.2 Å². The smallest absolute Gasteiger partial charge is 0.134 e. The number of hydrogen-bond donors (Lipinski definition) is 1. The zero-order valence-corrected chi connectivity index (χ0v) is 7.36. The van der Waals surface area contributed by atoms with Crippen molar-refractivity contribution in [2.24, 2.45) is 0 Å². The van der Waals surface area contributed by atoms with Gasteiger partial charge in [-0.15, -0.1) is 0 Å². The van der Waals surface area contributed by atoms with Gasteiger partial charge in [-0.2, -0.15) is 0 Å². The van der Waals surface area contributed by atoms with Gasteiger partial charge in [0.1, 0.15) is 5.76 Å². The fraction of sp³-hybridized carbons (Fsp3) is 0.273. The van der Waals surface area contributed by atoms with Crippen LogP contribution < -0.4 is 0 Å². The Bertz CT molecular complexity index is 351. The Labute approximate surface area is 77.2 Å². The minimum absolute atomic E-state index is 0.247. The zero-order chi connectivity index (χ0) is 9.10. The van der Waals surface area contributed by atoms with E-state index in [-0.39, 0.29) is 6.61 Å². The highest BCUT2D eigenvalue weighted by atomic mass is 16.3. The molecule has 0 spiro atoms. The minimum Gasteiger partial charge on any atom is -0.464 e. The third-order valence-electron chi connectivity index (χ3n) is 2.19. The van der Waals surface area contributed by atoms with Gasteiger partial charge in [0.15, 0.2) is 0 Å². The predicted octanol–water partition coefficient (Wildman–Crippen LogP) is 2.31. The predicted molar refractivity (Wildman–Crippen MR) is 50.7 cm³/mol. The molecule has 0 atom stereocenters. The molecule has 1 N–H and O–H groups in total. The minimum atomic E-state index is 0.247. The summed E-state index contributed by atoms with van der Waals surface area (Å²) in [5, 5.41) is 8.71. The maximum Gasteiger partial charge on any atom is 0.134 e. The van der Waals surface area contributed by atoms with Crippen LogP contribution in [0.2, 0.25) is 0 Å². The quantitative estimate of drug-likeness (QED) is 0.778. The van der Waals surface area contributed by atoms with E-state index in [1.165, 1.54) is 5.56 Å². The maximum absolute atomic E-state index is 8.71. The first kappa shape index (κ1) is 8.32. The van der Waals surface area contributed by atoms with E-state index >= 15 is 0 Å². The topological polar surface area (TPSA) is 33.4 Å². The van der Waals surface area contributed by atoms with Gasteiger partial charge < -0.3 is 9.52 Å². The van der Waals surface area contributed by atoms with Crippen molar-refractivity contribution in [3.63, 3.8) is 0 Å². The van der Waals surface area contributed by atoms with Crippen LogP contribution in [0.1, 0.15) is 12.0 Å². The maximum atomic E-state index is 8.71. The van der Waals surface area contributed by atoms with E-state index in [0.717, 1.165) is 24.2 Å². The monoisotopic (exact) mass is 176 g/mol. The van der Waals surface area contributed by atoms with Gasteiger partial charge >= 0.3 is 0 Å². The van der Waals surface area contributed by atoms with E-state index in [0.29, 0.717) is 0 Å². The first-order valence-corrected chi connectivity index (χ1v) is 4.48. The SMILES string of the molecule is OCCCc1ccc2occcc1-2. The molecule has 0 amide bonds. The second-order valence-electron chi connectivity index (χ2n) is 3.08. The lowest BCUT2D eigenvalue weighted by Crippen LogP contribution is -1.88. The van der Waals surface area contributed by atoms with Crippen LogP contribution in [-0.4, -0.2) is 11.7 Å². The first-order valence-electron chi connectivity index (χ1n) is 4.48. The molecule has 13 heavy (non-hydrogen) atoms. The fourth-order valence-electron chi connectivity index (χ4n) is 1.54. The molecule has 0 saturated heterocycles. The molecular formula is C11H12O2. The normalized spacial score (nSPS) is 10.8. The van der Waals surface area contributed by atoms with Gasteiger partial charge in [0.25, 0.3) is 0 Å². The number of aryl methyl sites for hydroxylation is 1. The molecule has 0 aromatic heterocycles. The summed E-state index contributed by atoms with van der Waals surface area (Å²) in [5.41, 5.74) is 2.42. The van der Waals surface area contributed by atoms with Crippen LogP contribution in [0.15, 0.2) is 34.9 Å². The van der Waals surface area contributed by atoms with Crippen LogP contribution in [0.3, 0.4) is 0 Å². The van der Waals surface area contributed by atoms with Crippen LogP contribution in [0, 0.1) is 0 Å². The third kappa shape index (κ3) is 1.58. The summed E-state index contributed by atoms with van der Waals surface area (Å²) < 4.78 is 5.31. The second-order valence-corrected chi connectivity index (χ2v) is 3.08. The summed E-state index contributed by atoms with van der Waals surface area (Å²) >= 11 is 0. The second kappa shape index (κ2) is 3.62. The molecule has 1 aliphatic carbocycles. The number of fused-ring (bicyclic) bond motifs is 1. The van der Waals surface area contributed by atoms with Gasteiger partial charge in [0, 0.05) is 12.2 Å². The molecular weight excluding hydrogens is 164 g/mol. The van der Waals surface area contributed by atoms with Crippen LogP contribution in [0.4, 0.5) is 0 Å². The summed E-state index contributed by atoms with van der Waals surface area (Å²) in [6.45, 7) is 0.247. The molecule has 0 radical (unpaired) electrons. The Kier molecular flexibility index (Phi) is 2.32. The molecule has 0 unspecified atom stereocenters. The van der Waals surface area contributed by atoms with Crippen molar-refractivity contribution in [2.45, 2.75) is 12.8 Å². The van der Waals surface area contributed by atoms with Gasteiger partial charge in [0.2, 0.25) is 0 Å². The molecule has 2 rings (SSSR count). The van der Waals surface area contributed by atoms with Crippen LogP contribution in [0.25, 0.3) is 11.3 Å². The molecule has 0 aromatic carbocycles. The van der Waals surface area contributed by atoms with Gasteiger partial charge in [-0.25, -0.2) is 0 Å². The molecule has 0 fully saturated rings. The summed E-state index contributed by atoms with van der Waals surface area (Å²) in [6, 6.07) is 7.97. The van der Waals surface area contributed by atoms with Crippen molar-refractivity contribution in [1.29, 1.82) is 0 Å². The fourth-order valence-corrected chi connectivity index (χ4v) is 1.54. The highest BCUT2D eigenvalue weighted by Gasteiger charge is 2.09. The van der Waals surface area contributed by atoms with Gasteiger partial charge in [-0.3, -0.25) is 0 Å². The lowest BCUT2D eigenvalue weighted by atomic mass is 10.1. The largest absolute Gasteiger partial charge is 0.464 e. The van der Waals surface area contributed by atoms with Gasteiger partial charge in [0.05, 0.1) is 6.26 Å². The molecule has 2 nitrogen and oxygen atoms in total. The molecule has 1 aliphatic heterocycles. The molecule has 68 valence electrons. The summed E-state index contributed by atoms with van der Waals surface area (Å²) in [7, 11) is 0. The third-order valence-corrected chi connectivity index (χ3v) is 2.19. The average molecular weight is 176 g/mol. The van der Waals surface area contributed by atoms with Crippen molar-refractivity contribution >= 4 is 0 Å². The Morgan fingerprint density at radius 1 is 1.23 bits per heavy atom. The highest BCUT2D eigenvalue weighted by molar-refractivity contribution is 5.65. The summed E-state index contributed by atoms with van der Waals surface area (Å²) in [6.07, 6.45) is 3.41. The number of hydrogen-bond acceptors (Lipinski definition) is 2. The summed E-state index contributed by atoms with van der Waals surface area (Å²) in [4.78, 5) is 0. The Hall–Kier alpha value is -1.28. The van der Waals surface area contributed by atoms with Gasteiger partial charge in [-0.1, -0.05) is 6.07 Å². The standard InChI is InChI=1S/C11H12O2/c12-7-1-3-9-5-6-11-10(9)4-2-8-13-11/h2,4-6,8,12H,1,3,7H2. The molecule has 0 aromatic rings. The van der Waals surface area contributed by atoms with Crippen LogP contribution in [0.5, 0.6) is 0 Å². The molecule has 1 heterocycles. The number of aliphatic hydroxyl groups excluding tert-OH is 1. The molecule has 2 aliphatic rings. The Morgan fingerprint density at radius 3 is 3.00 bits per heavy atom. The average Bonchev–Trinajstić information content (AvgIpc) is 2.58. The molecule has 2 heteroatoms. The van der Waals surface area contributed by atoms with E-state index in [9.17, 15) is 0 Å². The van der Waals surface area contributed by atoms with E-state index in [2.05, 4.69) is 6.07 Å². The lowest BCUT2D eigenvalue weighted by Gasteiger charge is -2.01. The first-order chi connectivity index (χ1) is 6.42. The van der Waals surface area contributed by atoms with Crippen molar-refractivity contribution in [3.05, 3.63) is 36.1 Å². The van der Waals surface area contributed by atoms with E-state index < -0.39 is 0 Å². The zero-order valence-electron chi connectivity index (χ0n) is 7.36. The Balaban J connectivity index is 2.27. The number of rotatable bonds is 3. The number of aliphatic hydroxyl groups is 1. The lowest BCUT2D eigenvalue weighted by molar-refractivity contribution is 0.288. The van der Waals surface area contributed by atoms with E-state index in [1.54, 1.807) is 6.26 Å². The van der Waals surface area contributed by atoms with Crippen LogP contribution in [-0.2, 0) is 6.42 Å². The Morgan fingerprint density at radius 2 is 2.15 bits per heavy atom. The van der Waals surface area contributed by atoms with E-state index in [4.69, 9.17) is 9.52 Å². The van der Waals surface area contributed by atoms with Crippen LogP contribution >= 0.6 is 0 Å². The van der Waals surface area contributed by atoms with Gasteiger partial charge in [-0.05, 0) is 36.6 Å². The molecule has 0 bridgehead atoms.